The Morgan fingerprint density at radius 1 is 1.27 bits per heavy atom. The number of hydrogen-bond acceptors (Lipinski definition) is 8. The highest BCUT2D eigenvalue weighted by molar-refractivity contribution is 7.99. The second-order valence-electron chi connectivity index (χ2n) is 6.97. The van der Waals surface area contributed by atoms with Gasteiger partial charge in [-0.1, -0.05) is 30.0 Å². The smallest absolute Gasteiger partial charge is 0.344 e. The van der Waals surface area contributed by atoms with Gasteiger partial charge in [0.2, 0.25) is 11.8 Å². The number of nitrogens with zero attached hydrogens (tertiary/aromatic N) is 2. The summed E-state index contributed by atoms with van der Waals surface area (Å²) in [6, 6.07) is 6.94. The van der Waals surface area contributed by atoms with Gasteiger partial charge in [0, 0.05) is 6.54 Å². The van der Waals surface area contributed by atoms with E-state index in [4.69, 9.17) is 9.15 Å². The number of benzene rings is 1. The quantitative estimate of drug-likeness (QED) is 0.166. The number of amides is 1. The van der Waals surface area contributed by atoms with Gasteiger partial charge in [0.15, 0.2) is 10.9 Å². The number of aromatic nitrogens is 2. The molecule has 0 aliphatic carbocycles. The van der Waals surface area contributed by atoms with Crippen molar-refractivity contribution < 1.29 is 23.5 Å². The highest BCUT2D eigenvalue weighted by Gasteiger charge is 2.28. The van der Waals surface area contributed by atoms with E-state index in [1.54, 1.807) is 37.3 Å². The number of para-hydroxylation sites is 1. The van der Waals surface area contributed by atoms with E-state index in [9.17, 15) is 19.2 Å². The van der Waals surface area contributed by atoms with Crippen LogP contribution in [0.3, 0.4) is 0 Å². The molecular formula is C23H23N3O6S. The molecule has 0 fully saturated rings. The summed E-state index contributed by atoms with van der Waals surface area (Å²) in [6.45, 7) is 8.45. The average Bonchev–Trinajstić information content (AvgIpc) is 3.10. The van der Waals surface area contributed by atoms with Gasteiger partial charge in [-0.2, -0.15) is 0 Å². The average molecular weight is 470 g/mol. The van der Waals surface area contributed by atoms with Crippen molar-refractivity contribution in [1.82, 2.24) is 9.55 Å². The maximum absolute atomic E-state index is 12.8. The number of nitrogens with one attached hydrogen (secondary N) is 1. The van der Waals surface area contributed by atoms with Crippen LogP contribution in [-0.2, 0) is 16.1 Å². The van der Waals surface area contributed by atoms with Crippen LogP contribution in [0.5, 0.6) is 0 Å². The van der Waals surface area contributed by atoms with E-state index < -0.39 is 11.9 Å². The number of ketones is 1. The lowest BCUT2D eigenvalue weighted by atomic mass is 10.1. The van der Waals surface area contributed by atoms with Crippen molar-refractivity contribution in [2.24, 2.45) is 0 Å². The zero-order valence-corrected chi connectivity index (χ0v) is 19.3. The number of thioether (sulfide) groups is 1. The van der Waals surface area contributed by atoms with E-state index in [1.807, 2.05) is 0 Å². The molecule has 2 heterocycles. The molecule has 1 amide bonds. The summed E-state index contributed by atoms with van der Waals surface area (Å²) >= 11 is 1.05. The van der Waals surface area contributed by atoms with E-state index >= 15 is 0 Å². The molecule has 9 nitrogen and oxygen atoms in total. The van der Waals surface area contributed by atoms with Crippen molar-refractivity contribution in [1.29, 1.82) is 0 Å². The third-order valence-electron chi connectivity index (χ3n) is 4.64. The Bertz CT molecular complexity index is 1310. The van der Waals surface area contributed by atoms with Crippen LogP contribution in [0.2, 0.25) is 0 Å². The molecule has 0 bridgehead atoms. The number of fused-ring (bicyclic) bond motifs is 1. The van der Waals surface area contributed by atoms with Gasteiger partial charge in [0.1, 0.15) is 11.3 Å². The van der Waals surface area contributed by atoms with E-state index in [0.29, 0.717) is 16.1 Å². The first kappa shape index (κ1) is 24.0. The highest BCUT2D eigenvalue weighted by atomic mass is 32.2. The number of carbonyl (C=O) groups excluding carboxylic acids is 3. The maximum atomic E-state index is 12.8. The SMILES string of the molecule is C=CCn1c(SCC(=O)Nc2oc(C)c(C(C)=O)c2C(=O)OCC)nc2ccccc2c1=O. The largest absolute Gasteiger partial charge is 0.462 e. The van der Waals surface area contributed by atoms with Crippen LogP contribution < -0.4 is 10.9 Å². The van der Waals surface area contributed by atoms with E-state index in [2.05, 4.69) is 16.9 Å². The molecule has 172 valence electrons. The molecule has 1 aromatic carbocycles. The molecule has 0 unspecified atom stereocenters. The van der Waals surface area contributed by atoms with E-state index in [-0.39, 0.29) is 53.0 Å². The molecule has 0 saturated heterocycles. The van der Waals surface area contributed by atoms with Gasteiger partial charge in [-0.15, -0.1) is 6.58 Å². The minimum atomic E-state index is -0.765. The monoisotopic (exact) mass is 469 g/mol. The van der Waals surface area contributed by atoms with Gasteiger partial charge in [-0.05, 0) is 32.9 Å². The molecule has 0 saturated carbocycles. The van der Waals surface area contributed by atoms with Crippen LogP contribution in [0.1, 0.15) is 40.3 Å². The van der Waals surface area contributed by atoms with Crippen molar-refractivity contribution in [3.05, 3.63) is 64.2 Å². The number of ether oxygens (including phenoxy) is 1. The second kappa shape index (κ2) is 10.3. The fourth-order valence-corrected chi connectivity index (χ4v) is 4.10. The number of hydrogen-bond donors (Lipinski definition) is 1. The Hall–Kier alpha value is -3.66. The molecule has 0 aliphatic heterocycles. The Kier molecular flexibility index (Phi) is 7.49. The number of aryl methyl sites for hydroxylation is 1. The fourth-order valence-electron chi connectivity index (χ4n) is 3.30. The van der Waals surface area contributed by atoms with Crippen LogP contribution >= 0.6 is 11.8 Å². The molecule has 0 atom stereocenters. The molecule has 33 heavy (non-hydrogen) atoms. The van der Waals surface area contributed by atoms with Gasteiger partial charge in [-0.25, -0.2) is 9.78 Å². The lowest BCUT2D eigenvalue weighted by Crippen LogP contribution is -2.24. The first-order valence-corrected chi connectivity index (χ1v) is 11.1. The summed E-state index contributed by atoms with van der Waals surface area (Å²) in [4.78, 5) is 54.4. The highest BCUT2D eigenvalue weighted by Crippen LogP contribution is 2.29. The number of carbonyl (C=O) groups is 3. The molecule has 0 spiro atoms. The standard InChI is InChI=1S/C23H23N3O6S/c1-5-11-26-21(29)15-9-7-8-10-16(15)24-23(26)33-12-17(28)25-20-19(22(30)31-6-2)18(13(3)27)14(4)32-20/h5,7-10H,1,6,11-12H2,2-4H3,(H,25,28). The minimum Gasteiger partial charge on any atom is -0.462 e. The Labute approximate surface area is 193 Å². The topological polar surface area (TPSA) is 120 Å². The summed E-state index contributed by atoms with van der Waals surface area (Å²) in [5.74, 6) is -1.75. The third-order valence-corrected chi connectivity index (χ3v) is 5.62. The normalized spacial score (nSPS) is 10.8. The zero-order valence-electron chi connectivity index (χ0n) is 18.5. The van der Waals surface area contributed by atoms with Crippen molar-refractivity contribution in [3.8, 4) is 0 Å². The molecule has 10 heteroatoms. The van der Waals surface area contributed by atoms with Crippen LogP contribution in [0.15, 0.2) is 51.3 Å². The summed E-state index contributed by atoms with van der Waals surface area (Å²) in [5, 5.41) is 3.34. The van der Waals surface area contributed by atoms with Crippen molar-refractivity contribution >= 4 is 46.2 Å². The summed E-state index contributed by atoms with van der Waals surface area (Å²) in [7, 11) is 0. The number of esters is 1. The third kappa shape index (κ3) is 5.06. The van der Waals surface area contributed by atoms with Crippen LogP contribution in [0, 0.1) is 6.92 Å². The number of furan rings is 1. The summed E-state index contributed by atoms with van der Waals surface area (Å²) in [6.07, 6.45) is 1.57. The zero-order chi connectivity index (χ0) is 24.1. The maximum Gasteiger partial charge on any atom is 0.344 e. The van der Waals surface area contributed by atoms with Gasteiger partial charge < -0.3 is 9.15 Å². The van der Waals surface area contributed by atoms with Crippen LogP contribution in [0.25, 0.3) is 10.9 Å². The van der Waals surface area contributed by atoms with Gasteiger partial charge >= 0.3 is 5.97 Å². The number of Topliss-reactive ketones (excluding diaryl/α,β-unsaturated/α-hetero) is 1. The first-order chi connectivity index (χ1) is 15.8. The summed E-state index contributed by atoms with van der Waals surface area (Å²) < 4.78 is 11.9. The Morgan fingerprint density at radius 3 is 2.67 bits per heavy atom. The first-order valence-electron chi connectivity index (χ1n) is 10.1. The molecule has 0 radical (unpaired) electrons. The number of allylic oxidation sites excluding steroid dienone is 1. The molecule has 3 rings (SSSR count). The number of anilines is 1. The van der Waals surface area contributed by atoms with Gasteiger partial charge in [0.05, 0.1) is 28.8 Å². The van der Waals surface area contributed by atoms with Crippen molar-refractivity contribution in [2.45, 2.75) is 32.5 Å². The van der Waals surface area contributed by atoms with Crippen molar-refractivity contribution in [2.75, 3.05) is 17.7 Å². The lowest BCUT2D eigenvalue weighted by Gasteiger charge is -2.11. The Balaban J connectivity index is 1.86. The Morgan fingerprint density at radius 2 is 2.00 bits per heavy atom. The molecular weight excluding hydrogens is 446 g/mol. The second-order valence-corrected chi connectivity index (χ2v) is 7.91. The predicted octanol–water partition coefficient (Wildman–Crippen LogP) is 3.59. The van der Waals surface area contributed by atoms with E-state index in [0.717, 1.165) is 11.8 Å². The lowest BCUT2D eigenvalue weighted by molar-refractivity contribution is -0.113. The van der Waals surface area contributed by atoms with Gasteiger partial charge in [-0.3, -0.25) is 24.3 Å². The van der Waals surface area contributed by atoms with Crippen LogP contribution in [0.4, 0.5) is 5.88 Å². The van der Waals surface area contributed by atoms with E-state index in [1.165, 1.54) is 18.4 Å². The minimum absolute atomic E-state index is 0.0624. The predicted molar refractivity (Wildman–Crippen MR) is 125 cm³/mol. The van der Waals surface area contributed by atoms with Crippen molar-refractivity contribution in [3.63, 3.8) is 0 Å². The molecule has 1 N–H and O–H groups in total. The van der Waals surface area contributed by atoms with Crippen LogP contribution in [-0.4, -0.2) is 39.6 Å². The summed E-state index contributed by atoms with van der Waals surface area (Å²) in [5.41, 5.74) is 0.226. The van der Waals surface area contributed by atoms with Gasteiger partial charge in [0.25, 0.3) is 5.56 Å². The molecule has 0 aliphatic rings. The molecule has 2 aromatic heterocycles. The molecule has 3 aromatic rings. The number of rotatable bonds is 9. The fraction of sp³-hybridized carbons (Fsp3) is 0.261.